The van der Waals surface area contributed by atoms with Gasteiger partial charge in [0.2, 0.25) is 5.91 Å². The molecule has 44 heavy (non-hydrogen) atoms. The van der Waals surface area contributed by atoms with Crippen molar-refractivity contribution >= 4 is 35.4 Å². The molecule has 2 heterocycles. The number of pyridine rings is 1. The molecule has 1 aromatic heterocycles. The van der Waals surface area contributed by atoms with Crippen molar-refractivity contribution in [2.45, 2.75) is 62.8 Å². The number of carbonyl (C=O) groups is 4. The van der Waals surface area contributed by atoms with Gasteiger partial charge < -0.3 is 31.3 Å². The van der Waals surface area contributed by atoms with Gasteiger partial charge in [0.25, 0.3) is 5.91 Å². The van der Waals surface area contributed by atoms with Gasteiger partial charge in [-0.25, -0.2) is 9.59 Å². The molecule has 18 heteroatoms. The number of likely N-dealkylation sites (tertiary alicyclic amines) is 1. The average Bonchev–Trinajstić information content (AvgIpc) is 3.57. The van der Waals surface area contributed by atoms with Crippen LogP contribution in [0, 0.1) is 0 Å². The van der Waals surface area contributed by atoms with Gasteiger partial charge in [-0.15, -0.1) is 0 Å². The van der Waals surface area contributed by atoms with Crippen molar-refractivity contribution in [1.29, 1.82) is 0 Å². The molecule has 2 amide bonds. The molecule has 0 spiro atoms. The molecule has 1 aromatic carbocycles. The smallest absolute Gasteiger partial charge is 0.475 e. The molecule has 1 unspecified atom stereocenters. The first-order valence-electron chi connectivity index (χ1n) is 12.6. The van der Waals surface area contributed by atoms with Gasteiger partial charge in [0.05, 0.1) is 0 Å². The summed E-state index contributed by atoms with van der Waals surface area (Å²) in [6, 6.07) is 6.49. The first-order valence-corrected chi connectivity index (χ1v) is 13.0. The topological polar surface area (TPSA) is 183 Å². The minimum atomic E-state index is -5.08. The molecule has 1 aliphatic carbocycles. The third-order valence-corrected chi connectivity index (χ3v) is 6.84. The number of aromatic nitrogens is 1. The molecule has 2 aliphatic rings. The van der Waals surface area contributed by atoms with E-state index in [9.17, 15) is 41.0 Å². The monoisotopic (exact) mass is 656 g/mol. The number of amides is 2. The number of carbonyl (C=O) groups excluding carboxylic acids is 2. The third kappa shape index (κ3) is 9.27. The summed E-state index contributed by atoms with van der Waals surface area (Å²) in [5.74, 6) is -6.16. The van der Waals surface area contributed by atoms with Crippen molar-refractivity contribution in [3.63, 3.8) is 0 Å². The second-order valence-electron chi connectivity index (χ2n) is 9.49. The largest absolute Gasteiger partial charge is 0.490 e. The number of aryl methyl sites for hydroxylation is 1. The lowest BCUT2D eigenvalue weighted by Gasteiger charge is -2.32. The fourth-order valence-electron chi connectivity index (χ4n) is 4.48. The highest BCUT2D eigenvalue weighted by Crippen LogP contribution is 2.39. The quantitative estimate of drug-likeness (QED) is 0.302. The number of aliphatic carboxylic acids is 2. The summed E-state index contributed by atoms with van der Waals surface area (Å²) in [6.07, 6.45) is -4.72. The number of fused-ring (bicyclic) bond motifs is 1. The summed E-state index contributed by atoms with van der Waals surface area (Å²) >= 11 is 6.07. The molecule has 2 aromatic rings. The van der Waals surface area contributed by atoms with E-state index in [1.807, 2.05) is 6.07 Å². The van der Waals surface area contributed by atoms with E-state index >= 15 is 0 Å². The Morgan fingerprint density at radius 3 is 2.18 bits per heavy atom. The zero-order valence-electron chi connectivity index (χ0n) is 22.6. The van der Waals surface area contributed by atoms with Crippen LogP contribution in [0.1, 0.15) is 41.5 Å². The number of nitrogens with two attached hydrogens (primary N) is 1. The fraction of sp³-hybridized carbons (Fsp3) is 0.423. The van der Waals surface area contributed by atoms with Crippen LogP contribution in [-0.4, -0.2) is 73.9 Å². The molecule has 0 bridgehead atoms. The highest BCUT2D eigenvalue weighted by atomic mass is 35.5. The molecule has 1 fully saturated rings. The Morgan fingerprint density at radius 2 is 1.64 bits per heavy atom. The standard InChI is InChI=1S/C22H25ClN4O3.2C2HF3O2/c23-17-4-3-14(11-24)16(10-17)13-26-20(28)19-2-1-9-27(19)21(29)22(30)7-5-15-12-25-8-6-18(15)22;2*3-2(4,5)1(6)7/h3-4,6,8,10,12,19,30H,1-2,5,7,9,11,13,24H2,(H,26,28);2*(H,6,7)/t19-,22?;;/m0../s1. The van der Waals surface area contributed by atoms with Gasteiger partial charge in [-0.1, -0.05) is 17.7 Å². The maximum absolute atomic E-state index is 13.3. The van der Waals surface area contributed by atoms with Gasteiger partial charge in [0.1, 0.15) is 6.04 Å². The second-order valence-corrected chi connectivity index (χ2v) is 9.93. The van der Waals surface area contributed by atoms with Gasteiger partial charge in [0, 0.05) is 37.1 Å². The van der Waals surface area contributed by atoms with Crippen molar-refractivity contribution < 1.29 is 60.8 Å². The Kier molecular flexibility index (Phi) is 12.1. The van der Waals surface area contributed by atoms with Crippen LogP contribution in [0.25, 0.3) is 0 Å². The van der Waals surface area contributed by atoms with Crippen LogP contribution in [0.4, 0.5) is 26.3 Å². The Balaban J connectivity index is 0.000000402. The molecule has 4 rings (SSSR count). The van der Waals surface area contributed by atoms with Gasteiger partial charge in [-0.2, -0.15) is 26.3 Å². The van der Waals surface area contributed by atoms with Crippen molar-refractivity contribution in [3.05, 3.63) is 63.9 Å². The number of aliphatic hydroxyl groups is 1. The number of nitrogens with one attached hydrogen (secondary N) is 1. The number of benzene rings is 1. The van der Waals surface area contributed by atoms with Crippen molar-refractivity contribution in [3.8, 4) is 0 Å². The predicted octanol–water partition coefficient (Wildman–Crippen LogP) is 2.90. The molecule has 1 aliphatic heterocycles. The van der Waals surface area contributed by atoms with Crippen LogP contribution in [0.15, 0.2) is 36.7 Å². The van der Waals surface area contributed by atoms with Gasteiger partial charge in [0.15, 0.2) is 5.60 Å². The van der Waals surface area contributed by atoms with Gasteiger partial charge in [-0.3, -0.25) is 14.6 Å². The summed E-state index contributed by atoms with van der Waals surface area (Å²) < 4.78 is 63.5. The molecule has 2 atom stereocenters. The van der Waals surface area contributed by atoms with E-state index in [1.54, 1.807) is 30.6 Å². The number of alkyl halides is 6. The Bertz CT molecular complexity index is 1350. The highest BCUT2D eigenvalue weighted by molar-refractivity contribution is 6.30. The van der Waals surface area contributed by atoms with Crippen LogP contribution in [0.5, 0.6) is 0 Å². The average molecular weight is 657 g/mol. The van der Waals surface area contributed by atoms with Crippen LogP contribution >= 0.6 is 11.6 Å². The zero-order valence-corrected chi connectivity index (χ0v) is 23.3. The summed E-state index contributed by atoms with van der Waals surface area (Å²) in [7, 11) is 0. The molecule has 0 radical (unpaired) electrons. The number of carboxylic acid groups (broad SMARTS) is 2. The normalized spacial score (nSPS) is 19.1. The number of nitrogens with zero attached hydrogens (tertiary/aromatic N) is 2. The van der Waals surface area contributed by atoms with E-state index in [1.165, 1.54) is 4.90 Å². The maximum Gasteiger partial charge on any atom is 0.490 e. The molecule has 1 saturated heterocycles. The molecule has 6 N–H and O–H groups in total. The van der Waals surface area contributed by atoms with Crippen LogP contribution in [0.3, 0.4) is 0 Å². The Hall–Kier alpha value is -3.96. The van der Waals surface area contributed by atoms with Crippen LogP contribution < -0.4 is 11.1 Å². The van der Waals surface area contributed by atoms with E-state index < -0.39 is 41.8 Å². The van der Waals surface area contributed by atoms with Crippen molar-refractivity contribution in [1.82, 2.24) is 15.2 Å². The summed E-state index contributed by atoms with van der Waals surface area (Å²) in [5, 5.41) is 28.9. The minimum Gasteiger partial charge on any atom is -0.475 e. The number of carboxylic acids is 2. The van der Waals surface area contributed by atoms with E-state index in [0.717, 1.165) is 16.7 Å². The van der Waals surface area contributed by atoms with E-state index in [0.29, 0.717) is 49.4 Å². The number of hydrogen-bond acceptors (Lipinski definition) is 7. The van der Waals surface area contributed by atoms with E-state index in [-0.39, 0.29) is 12.5 Å². The Morgan fingerprint density at radius 1 is 1.05 bits per heavy atom. The molecular weight excluding hydrogens is 630 g/mol. The summed E-state index contributed by atoms with van der Waals surface area (Å²) in [6.45, 7) is 1.08. The van der Waals surface area contributed by atoms with Crippen molar-refractivity contribution in [2.75, 3.05) is 6.54 Å². The van der Waals surface area contributed by atoms with Crippen LogP contribution in [0.2, 0.25) is 5.02 Å². The SMILES string of the molecule is NCc1ccc(Cl)cc1CNC(=O)[C@@H]1CCCN1C(=O)C1(O)CCc2cnccc21.O=C(O)C(F)(F)F.O=C(O)C(F)(F)F. The number of halogens is 7. The predicted molar refractivity (Wildman–Crippen MR) is 140 cm³/mol. The second kappa shape index (κ2) is 14.7. The number of hydrogen-bond donors (Lipinski definition) is 5. The van der Waals surface area contributed by atoms with E-state index in [2.05, 4.69) is 10.3 Å². The number of rotatable bonds is 5. The zero-order chi connectivity index (χ0) is 33.5. The van der Waals surface area contributed by atoms with Gasteiger partial charge in [-0.05, 0) is 66.1 Å². The van der Waals surface area contributed by atoms with Gasteiger partial charge >= 0.3 is 24.3 Å². The Labute approximate surface area is 250 Å². The third-order valence-electron chi connectivity index (χ3n) is 6.60. The summed E-state index contributed by atoms with van der Waals surface area (Å²) in [5.41, 5.74) is 7.41. The lowest BCUT2D eigenvalue weighted by Crippen LogP contribution is -2.52. The minimum absolute atomic E-state index is 0.236. The first kappa shape index (κ1) is 36.2. The highest BCUT2D eigenvalue weighted by Gasteiger charge is 2.49. The molecule has 242 valence electrons. The fourth-order valence-corrected chi connectivity index (χ4v) is 4.68. The summed E-state index contributed by atoms with van der Waals surface area (Å²) in [4.78, 5) is 49.6. The molecular formula is C26H27ClF6N4O7. The molecule has 11 nitrogen and oxygen atoms in total. The van der Waals surface area contributed by atoms with Crippen LogP contribution in [-0.2, 0) is 44.3 Å². The lowest BCUT2D eigenvalue weighted by molar-refractivity contribution is -0.193. The first-order chi connectivity index (χ1) is 20.3. The van der Waals surface area contributed by atoms with E-state index in [4.69, 9.17) is 37.1 Å². The van der Waals surface area contributed by atoms with Crippen molar-refractivity contribution in [2.24, 2.45) is 5.73 Å². The molecule has 0 saturated carbocycles. The lowest BCUT2D eigenvalue weighted by atomic mass is 9.94. The maximum atomic E-state index is 13.3.